The number of halogens is 2. The number of anilines is 1. The maximum absolute atomic E-state index is 13.5. The van der Waals surface area contributed by atoms with Gasteiger partial charge in [-0.15, -0.1) is 0 Å². The van der Waals surface area contributed by atoms with Gasteiger partial charge in [0.25, 0.3) is 0 Å². The molecule has 3 aromatic carbocycles. The van der Waals surface area contributed by atoms with Crippen LogP contribution < -0.4 is 5.32 Å². The summed E-state index contributed by atoms with van der Waals surface area (Å²) in [6, 6.07) is 19.8. The highest BCUT2D eigenvalue weighted by Crippen LogP contribution is 2.22. The van der Waals surface area contributed by atoms with Gasteiger partial charge in [-0.1, -0.05) is 36.4 Å². The van der Waals surface area contributed by atoms with Crippen LogP contribution in [-0.2, 0) is 16.1 Å². The molecule has 2 amide bonds. The van der Waals surface area contributed by atoms with E-state index in [0.717, 1.165) is 60.8 Å². The fourth-order valence-electron chi connectivity index (χ4n) is 4.44. The molecule has 0 radical (unpaired) electrons. The van der Waals surface area contributed by atoms with Gasteiger partial charge in [0.1, 0.15) is 18.2 Å². The topological polar surface area (TPSA) is 76.4 Å². The Hall–Kier alpha value is -4.09. The number of amides is 2. The molecule has 6 nitrogen and oxygen atoms in total. The maximum atomic E-state index is 13.5. The Bertz CT molecular complexity index is 1280. The molecule has 37 heavy (non-hydrogen) atoms. The maximum Gasteiger partial charge on any atom is 0.244 e. The van der Waals surface area contributed by atoms with E-state index in [4.69, 9.17) is 5.26 Å². The molecule has 0 spiro atoms. The van der Waals surface area contributed by atoms with E-state index < -0.39 is 17.5 Å². The van der Waals surface area contributed by atoms with Crippen LogP contribution in [0.4, 0.5) is 14.5 Å². The van der Waals surface area contributed by atoms with Crippen molar-refractivity contribution in [3.8, 4) is 17.2 Å². The Labute approximate surface area is 215 Å². The lowest BCUT2D eigenvalue weighted by Crippen LogP contribution is -2.39. The summed E-state index contributed by atoms with van der Waals surface area (Å²) in [5.74, 6) is -2.30. The van der Waals surface area contributed by atoms with E-state index in [1.165, 1.54) is 4.90 Å². The number of nitriles is 1. The molecule has 0 aliphatic carbocycles. The van der Waals surface area contributed by atoms with Gasteiger partial charge in [0.05, 0.1) is 11.6 Å². The van der Waals surface area contributed by atoms with Crippen molar-refractivity contribution in [3.63, 3.8) is 0 Å². The standard InChI is InChI=1S/C29H28F2N4O2/c30-25-15-26(31)17-27(16-25)33-28(36)20-35(29(37)10-13-34-11-1-2-12-34)19-21-6-8-23(9-7-21)24-5-3-4-22(14-24)18-32/h3-9,14-17H,1-2,10-13,19-20H2,(H,33,36). The van der Waals surface area contributed by atoms with Gasteiger partial charge >= 0.3 is 0 Å². The fourth-order valence-corrected chi connectivity index (χ4v) is 4.44. The molecule has 1 fully saturated rings. The molecule has 1 aliphatic heterocycles. The van der Waals surface area contributed by atoms with E-state index in [2.05, 4.69) is 16.3 Å². The smallest absolute Gasteiger partial charge is 0.244 e. The van der Waals surface area contributed by atoms with E-state index >= 15 is 0 Å². The van der Waals surface area contributed by atoms with Gasteiger partial charge in [-0.05, 0) is 66.9 Å². The minimum atomic E-state index is -0.797. The van der Waals surface area contributed by atoms with Crippen molar-refractivity contribution in [1.82, 2.24) is 9.80 Å². The predicted octanol–water partition coefficient (Wildman–Crippen LogP) is 4.96. The Morgan fingerprint density at radius 3 is 2.32 bits per heavy atom. The van der Waals surface area contributed by atoms with Crippen molar-refractivity contribution >= 4 is 17.5 Å². The van der Waals surface area contributed by atoms with Crippen molar-refractivity contribution in [2.24, 2.45) is 0 Å². The summed E-state index contributed by atoms with van der Waals surface area (Å²) in [6.07, 6.45) is 2.52. The molecule has 1 aliphatic rings. The van der Waals surface area contributed by atoms with Gasteiger partial charge in [-0.3, -0.25) is 9.59 Å². The number of likely N-dealkylation sites (tertiary alicyclic amines) is 1. The summed E-state index contributed by atoms with van der Waals surface area (Å²) >= 11 is 0. The molecular formula is C29H28F2N4O2. The second kappa shape index (κ2) is 12.2. The van der Waals surface area contributed by atoms with E-state index in [1.54, 1.807) is 6.07 Å². The molecule has 0 aromatic heterocycles. The number of carbonyl (C=O) groups excluding carboxylic acids is 2. The Balaban J connectivity index is 1.46. The lowest BCUT2D eigenvalue weighted by atomic mass is 10.0. The minimum absolute atomic E-state index is 0.00378. The van der Waals surface area contributed by atoms with Crippen molar-refractivity contribution < 1.29 is 18.4 Å². The van der Waals surface area contributed by atoms with Gasteiger partial charge < -0.3 is 15.1 Å². The predicted molar refractivity (Wildman–Crippen MR) is 137 cm³/mol. The molecule has 1 saturated heterocycles. The first kappa shape index (κ1) is 26.0. The van der Waals surface area contributed by atoms with Crippen LogP contribution in [-0.4, -0.2) is 47.8 Å². The normalized spacial score (nSPS) is 13.2. The first-order valence-corrected chi connectivity index (χ1v) is 12.3. The van der Waals surface area contributed by atoms with Crippen LogP contribution in [0.2, 0.25) is 0 Å². The molecule has 0 unspecified atom stereocenters. The number of nitrogens with one attached hydrogen (secondary N) is 1. The third-order valence-electron chi connectivity index (χ3n) is 6.33. The van der Waals surface area contributed by atoms with Crippen LogP contribution in [0.1, 0.15) is 30.4 Å². The Morgan fingerprint density at radius 2 is 1.65 bits per heavy atom. The number of benzene rings is 3. The third kappa shape index (κ3) is 7.45. The van der Waals surface area contributed by atoms with E-state index in [-0.39, 0.29) is 31.1 Å². The minimum Gasteiger partial charge on any atom is -0.329 e. The fraction of sp³-hybridized carbons (Fsp3) is 0.276. The van der Waals surface area contributed by atoms with Crippen LogP contribution in [0.15, 0.2) is 66.7 Å². The van der Waals surface area contributed by atoms with Crippen molar-refractivity contribution in [2.45, 2.75) is 25.8 Å². The average molecular weight is 503 g/mol. The lowest BCUT2D eigenvalue weighted by molar-refractivity contribution is -0.135. The summed E-state index contributed by atoms with van der Waals surface area (Å²) in [5.41, 5.74) is 3.24. The molecule has 3 aromatic rings. The number of carbonyl (C=O) groups is 2. The first-order valence-electron chi connectivity index (χ1n) is 12.3. The summed E-state index contributed by atoms with van der Waals surface area (Å²) in [6.45, 7) is 2.52. The SMILES string of the molecule is N#Cc1cccc(-c2ccc(CN(CC(=O)Nc3cc(F)cc(F)c3)C(=O)CCN3CCCC3)cc2)c1. The van der Waals surface area contributed by atoms with Crippen LogP contribution in [0.5, 0.6) is 0 Å². The highest BCUT2D eigenvalue weighted by Gasteiger charge is 2.20. The summed E-state index contributed by atoms with van der Waals surface area (Å²) in [4.78, 5) is 29.5. The molecule has 4 rings (SSSR count). The molecule has 0 saturated carbocycles. The average Bonchev–Trinajstić information content (AvgIpc) is 3.40. The summed E-state index contributed by atoms with van der Waals surface area (Å²) in [7, 11) is 0. The van der Waals surface area contributed by atoms with Gasteiger partial charge in [0.2, 0.25) is 11.8 Å². The molecule has 0 bridgehead atoms. The second-order valence-corrected chi connectivity index (χ2v) is 9.14. The number of rotatable bonds is 9. The summed E-state index contributed by atoms with van der Waals surface area (Å²) in [5, 5.41) is 11.6. The van der Waals surface area contributed by atoms with Crippen LogP contribution in [0.25, 0.3) is 11.1 Å². The quantitative estimate of drug-likeness (QED) is 0.449. The molecule has 8 heteroatoms. The Morgan fingerprint density at radius 1 is 0.946 bits per heavy atom. The molecular weight excluding hydrogens is 474 g/mol. The molecule has 190 valence electrons. The van der Waals surface area contributed by atoms with Crippen LogP contribution >= 0.6 is 0 Å². The van der Waals surface area contributed by atoms with E-state index in [0.29, 0.717) is 12.1 Å². The van der Waals surface area contributed by atoms with Gasteiger partial charge in [-0.2, -0.15) is 5.26 Å². The number of hydrogen-bond donors (Lipinski definition) is 1. The van der Waals surface area contributed by atoms with Crippen LogP contribution in [0, 0.1) is 23.0 Å². The first-order chi connectivity index (χ1) is 17.9. The highest BCUT2D eigenvalue weighted by atomic mass is 19.1. The Kier molecular flexibility index (Phi) is 8.60. The van der Waals surface area contributed by atoms with Crippen molar-refractivity contribution in [2.75, 3.05) is 31.5 Å². The van der Waals surface area contributed by atoms with E-state index in [9.17, 15) is 18.4 Å². The molecule has 1 N–H and O–H groups in total. The van der Waals surface area contributed by atoms with Crippen molar-refractivity contribution in [3.05, 3.63) is 89.5 Å². The second-order valence-electron chi connectivity index (χ2n) is 9.14. The molecule has 1 heterocycles. The highest BCUT2D eigenvalue weighted by molar-refractivity contribution is 5.94. The number of hydrogen-bond acceptors (Lipinski definition) is 4. The lowest BCUT2D eigenvalue weighted by Gasteiger charge is -2.24. The monoisotopic (exact) mass is 502 g/mol. The zero-order valence-corrected chi connectivity index (χ0v) is 20.4. The van der Waals surface area contributed by atoms with Gasteiger partial charge in [-0.25, -0.2) is 8.78 Å². The van der Waals surface area contributed by atoms with Gasteiger partial charge in [0, 0.05) is 31.3 Å². The zero-order valence-electron chi connectivity index (χ0n) is 20.4. The van der Waals surface area contributed by atoms with E-state index in [1.807, 2.05) is 42.5 Å². The largest absolute Gasteiger partial charge is 0.329 e. The zero-order chi connectivity index (χ0) is 26.2. The molecule has 0 atom stereocenters. The van der Waals surface area contributed by atoms with Crippen molar-refractivity contribution in [1.29, 1.82) is 5.26 Å². The summed E-state index contributed by atoms with van der Waals surface area (Å²) < 4.78 is 27.1. The van der Waals surface area contributed by atoms with Gasteiger partial charge in [0.15, 0.2) is 0 Å². The number of nitrogens with zero attached hydrogens (tertiary/aromatic N) is 3. The van der Waals surface area contributed by atoms with Crippen LogP contribution in [0.3, 0.4) is 0 Å². The third-order valence-corrected chi connectivity index (χ3v) is 6.33.